The van der Waals surface area contributed by atoms with Crippen molar-refractivity contribution in [2.24, 2.45) is 5.92 Å². The second-order valence-electron chi connectivity index (χ2n) is 6.97. The molecule has 0 unspecified atom stereocenters. The monoisotopic (exact) mass is 429 g/mol. The fraction of sp³-hybridized carbons (Fsp3) is 0.318. The van der Waals surface area contributed by atoms with Gasteiger partial charge in [0.25, 0.3) is 11.8 Å². The second kappa shape index (κ2) is 11.9. The maximum absolute atomic E-state index is 12.4. The van der Waals surface area contributed by atoms with E-state index in [1.54, 1.807) is 55.6 Å². The molecule has 0 saturated heterocycles. The van der Waals surface area contributed by atoms with Gasteiger partial charge in [-0.05, 0) is 60.6 Å². The van der Waals surface area contributed by atoms with Crippen LogP contribution in [0.3, 0.4) is 0 Å². The van der Waals surface area contributed by atoms with Gasteiger partial charge in [0.05, 0.1) is 13.2 Å². The summed E-state index contributed by atoms with van der Waals surface area (Å²) in [7, 11) is 1.57. The van der Waals surface area contributed by atoms with E-state index in [1.165, 1.54) is 0 Å². The van der Waals surface area contributed by atoms with Crippen LogP contribution in [0.4, 0.5) is 5.69 Å². The summed E-state index contributed by atoms with van der Waals surface area (Å²) in [6, 6.07) is 13.7. The number of thiocarbonyl (C=S) groups is 1. The van der Waals surface area contributed by atoms with Crippen LogP contribution in [0.15, 0.2) is 48.5 Å². The highest BCUT2D eigenvalue weighted by molar-refractivity contribution is 7.80. The molecule has 0 fully saturated rings. The molecule has 30 heavy (non-hydrogen) atoms. The number of rotatable bonds is 9. The van der Waals surface area contributed by atoms with Crippen molar-refractivity contribution in [1.29, 1.82) is 0 Å². The summed E-state index contributed by atoms with van der Waals surface area (Å²) in [5, 5.41) is 8.43. The average Bonchev–Trinajstić information content (AvgIpc) is 2.72. The number of benzene rings is 2. The topological polar surface area (TPSA) is 88.7 Å². The van der Waals surface area contributed by atoms with Gasteiger partial charge in [0.15, 0.2) is 5.11 Å². The Bertz CT molecular complexity index is 869. The van der Waals surface area contributed by atoms with Crippen molar-refractivity contribution in [3.8, 4) is 5.75 Å². The smallest absolute Gasteiger partial charge is 0.257 e. The van der Waals surface area contributed by atoms with Crippen LogP contribution in [0.2, 0.25) is 0 Å². The highest BCUT2D eigenvalue weighted by atomic mass is 32.1. The first-order valence-electron chi connectivity index (χ1n) is 9.61. The quantitative estimate of drug-likeness (QED) is 0.419. The van der Waals surface area contributed by atoms with Gasteiger partial charge >= 0.3 is 0 Å². The Hall–Kier alpha value is -2.97. The second-order valence-corrected chi connectivity index (χ2v) is 7.38. The number of methoxy groups -OCH3 is 1. The molecule has 0 spiro atoms. The van der Waals surface area contributed by atoms with E-state index in [4.69, 9.17) is 21.7 Å². The summed E-state index contributed by atoms with van der Waals surface area (Å²) in [6.45, 7) is 5.61. The van der Waals surface area contributed by atoms with Crippen LogP contribution < -0.4 is 20.7 Å². The molecule has 7 nitrogen and oxygen atoms in total. The molecule has 0 heterocycles. The van der Waals surface area contributed by atoms with Gasteiger partial charge < -0.3 is 20.1 Å². The zero-order valence-electron chi connectivity index (χ0n) is 17.4. The molecule has 160 valence electrons. The fourth-order valence-corrected chi connectivity index (χ4v) is 2.62. The molecule has 0 atom stereocenters. The molecule has 2 aromatic carbocycles. The van der Waals surface area contributed by atoms with Gasteiger partial charge in [0.1, 0.15) is 5.75 Å². The summed E-state index contributed by atoms with van der Waals surface area (Å²) >= 11 is 5.22. The van der Waals surface area contributed by atoms with E-state index in [9.17, 15) is 9.59 Å². The van der Waals surface area contributed by atoms with Gasteiger partial charge in [0.2, 0.25) is 0 Å². The minimum atomic E-state index is -0.337. The van der Waals surface area contributed by atoms with Crippen molar-refractivity contribution in [1.82, 2.24) is 10.6 Å². The lowest BCUT2D eigenvalue weighted by molar-refractivity contribution is 0.0935. The van der Waals surface area contributed by atoms with Crippen molar-refractivity contribution >= 4 is 34.8 Å². The third-order valence-electron chi connectivity index (χ3n) is 3.90. The maximum Gasteiger partial charge on any atom is 0.257 e. The largest absolute Gasteiger partial charge is 0.493 e. The summed E-state index contributed by atoms with van der Waals surface area (Å²) in [5.41, 5.74) is 1.53. The molecular formula is C22H27N3O4S. The van der Waals surface area contributed by atoms with Crippen LogP contribution >= 0.6 is 12.2 Å². The molecule has 8 heteroatoms. The van der Waals surface area contributed by atoms with E-state index in [2.05, 4.69) is 29.8 Å². The number of carbonyl (C=O) groups excluding carboxylic acids is 2. The molecule has 0 aliphatic carbocycles. The number of amides is 2. The number of ether oxygens (including phenoxy) is 2. The summed E-state index contributed by atoms with van der Waals surface area (Å²) in [6.07, 6.45) is 0. The number of anilines is 1. The lowest BCUT2D eigenvalue weighted by Gasteiger charge is -2.12. The van der Waals surface area contributed by atoms with E-state index in [1.807, 2.05) is 0 Å². The average molecular weight is 430 g/mol. The molecule has 2 aromatic rings. The first-order chi connectivity index (χ1) is 14.4. The first kappa shape index (κ1) is 23.3. The molecular weight excluding hydrogens is 402 g/mol. The van der Waals surface area contributed by atoms with Crippen LogP contribution in [0.5, 0.6) is 5.75 Å². The predicted molar refractivity (Wildman–Crippen MR) is 121 cm³/mol. The lowest BCUT2D eigenvalue weighted by atomic mass is 10.2. The highest BCUT2D eigenvalue weighted by Crippen LogP contribution is 2.14. The van der Waals surface area contributed by atoms with Gasteiger partial charge in [-0.3, -0.25) is 14.9 Å². The van der Waals surface area contributed by atoms with Crippen LogP contribution in [0.25, 0.3) is 0 Å². The lowest BCUT2D eigenvalue weighted by Crippen LogP contribution is -2.34. The molecule has 0 saturated carbocycles. The minimum absolute atomic E-state index is 0.136. The van der Waals surface area contributed by atoms with Gasteiger partial charge in [0, 0.05) is 30.5 Å². The van der Waals surface area contributed by atoms with Crippen molar-refractivity contribution < 1.29 is 19.1 Å². The molecule has 3 N–H and O–H groups in total. The highest BCUT2D eigenvalue weighted by Gasteiger charge is 2.10. The molecule has 0 radical (unpaired) electrons. The van der Waals surface area contributed by atoms with Gasteiger partial charge in [-0.1, -0.05) is 19.9 Å². The van der Waals surface area contributed by atoms with E-state index in [0.717, 1.165) is 0 Å². The van der Waals surface area contributed by atoms with Crippen LogP contribution in [0.1, 0.15) is 34.6 Å². The van der Waals surface area contributed by atoms with Crippen molar-refractivity contribution in [3.05, 3.63) is 59.7 Å². The first-order valence-corrected chi connectivity index (χ1v) is 10.0. The van der Waals surface area contributed by atoms with Gasteiger partial charge in [-0.15, -0.1) is 0 Å². The number of hydrogen-bond acceptors (Lipinski definition) is 5. The van der Waals surface area contributed by atoms with E-state index < -0.39 is 0 Å². The molecule has 0 aliphatic rings. The SMILES string of the molecule is COCCNC(=O)c1cccc(NC(=S)NC(=O)c2ccc(OCC(C)C)cc2)c1. The van der Waals surface area contributed by atoms with Gasteiger partial charge in [-0.2, -0.15) is 0 Å². The number of nitrogens with one attached hydrogen (secondary N) is 3. The Morgan fingerprint density at radius 1 is 1.03 bits per heavy atom. The standard InChI is InChI=1S/C22H27N3O4S/c1-15(2)14-29-19-9-7-16(8-10-19)21(27)25-22(30)24-18-6-4-5-17(13-18)20(26)23-11-12-28-3/h4-10,13,15H,11-12,14H2,1-3H3,(H,23,26)(H2,24,25,27,30). The number of carbonyl (C=O) groups is 2. The van der Waals surface area contributed by atoms with Crippen molar-refractivity contribution in [2.45, 2.75) is 13.8 Å². The summed E-state index contributed by atoms with van der Waals surface area (Å²) < 4.78 is 10.5. The van der Waals surface area contributed by atoms with E-state index >= 15 is 0 Å². The number of hydrogen-bond donors (Lipinski definition) is 3. The molecule has 0 aliphatic heterocycles. The summed E-state index contributed by atoms with van der Waals surface area (Å²) in [5.74, 6) is 0.578. The van der Waals surface area contributed by atoms with Crippen LogP contribution in [-0.4, -0.2) is 43.8 Å². The Morgan fingerprint density at radius 3 is 2.43 bits per heavy atom. The molecule has 0 aromatic heterocycles. The van der Waals surface area contributed by atoms with Crippen LogP contribution in [0, 0.1) is 5.92 Å². The van der Waals surface area contributed by atoms with Crippen molar-refractivity contribution in [2.75, 3.05) is 32.2 Å². The Kier molecular flexibility index (Phi) is 9.24. The Morgan fingerprint density at radius 2 is 1.77 bits per heavy atom. The third kappa shape index (κ3) is 7.81. The van der Waals surface area contributed by atoms with E-state index in [0.29, 0.717) is 48.2 Å². The maximum atomic E-state index is 12.4. The molecule has 0 bridgehead atoms. The zero-order chi connectivity index (χ0) is 21.9. The van der Waals surface area contributed by atoms with Gasteiger partial charge in [-0.25, -0.2) is 0 Å². The zero-order valence-corrected chi connectivity index (χ0v) is 18.2. The Labute approximate surface area is 182 Å². The normalized spacial score (nSPS) is 10.4. The molecule has 2 amide bonds. The van der Waals surface area contributed by atoms with E-state index in [-0.39, 0.29) is 16.9 Å². The predicted octanol–water partition coefficient (Wildman–Crippen LogP) is 3.22. The van der Waals surface area contributed by atoms with Crippen molar-refractivity contribution in [3.63, 3.8) is 0 Å². The summed E-state index contributed by atoms with van der Waals surface area (Å²) in [4.78, 5) is 24.5. The van der Waals surface area contributed by atoms with Crippen LogP contribution in [-0.2, 0) is 4.74 Å². The minimum Gasteiger partial charge on any atom is -0.493 e. The fourth-order valence-electron chi connectivity index (χ4n) is 2.41. The molecule has 2 rings (SSSR count). The third-order valence-corrected chi connectivity index (χ3v) is 4.11. The Balaban J connectivity index is 1.90.